The highest BCUT2D eigenvalue weighted by Crippen LogP contribution is 2.31. The van der Waals surface area contributed by atoms with Gasteiger partial charge < -0.3 is 9.90 Å². The van der Waals surface area contributed by atoms with Crippen LogP contribution >= 0.6 is 15.9 Å². The third kappa shape index (κ3) is 2.09. The Morgan fingerprint density at radius 2 is 2.14 bits per heavy atom. The van der Waals surface area contributed by atoms with Crippen molar-refractivity contribution in [1.29, 1.82) is 0 Å². The molecule has 0 aliphatic rings. The molecule has 0 aliphatic carbocycles. The number of rotatable bonds is 3. The Bertz CT molecular complexity index is 366. The van der Waals surface area contributed by atoms with Crippen LogP contribution in [0.15, 0.2) is 10.5 Å². The predicted octanol–water partition coefficient (Wildman–Crippen LogP) is 2.56. The molecule has 76 valence electrons. The molecule has 0 aromatic heterocycles. The van der Waals surface area contributed by atoms with Gasteiger partial charge in [-0.15, -0.1) is 0 Å². The minimum Gasteiger partial charge on any atom is -0.507 e. The first-order valence-electron chi connectivity index (χ1n) is 3.87. The molecule has 0 bridgehead atoms. The van der Waals surface area contributed by atoms with Gasteiger partial charge in [-0.25, -0.2) is 8.78 Å². The number of aromatic hydroxyl groups is 1. The highest BCUT2D eigenvalue weighted by Gasteiger charge is 2.15. The van der Waals surface area contributed by atoms with Crippen molar-refractivity contribution >= 4 is 22.2 Å². The number of halogens is 3. The van der Waals surface area contributed by atoms with Gasteiger partial charge in [0.25, 0.3) is 0 Å². The van der Waals surface area contributed by atoms with Gasteiger partial charge in [0.1, 0.15) is 23.7 Å². The lowest BCUT2D eigenvalue weighted by Crippen LogP contribution is -1.97. The van der Waals surface area contributed by atoms with Crippen molar-refractivity contribution in [3.63, 3.8) is 0 Å². The van der Waals surface area contributed by atoms with Crippen LogP contribution in [0.4, 0.5) is 8.78 Å². The van der Waals surface area contributed by atoms with Crippen LogP contribution in [0.1, 0.15) is 12.0 Å². The second-order valence-corrected chi connectivity index (χ2v) is 3.48. The molecule has 0 aliphatic heterocycles. The van der Waals surface area contributed by atoms with Crippen molar-refractivity contribution in [1.82, 2.24) is 0 Å². The van der Waals surface area contributed by atoms with Gasteiger partial charge in [0.05, 0.1) is 4.47 Å². The summed E-state index contributed by atoms with van der Waals surface area (Å²) in [6.45, 7) is 0. The molecule has 1 N–H and O–H groups in total. The molecule has 0 fully saturated rings. The average molecular weight is 265 g/mol. The number of hydrogen-bond acceptors (Lipinski definition) is 2. The number of phenolic OH excluding ortho intramolecular Hbond substituents is 1. The fraction of sp³-hybridized carbons (Fsp3) is 0.222. The van der Waals surface area contributed by atoms with Crippen molar-refractivity contribution in [2.45, 2.75) is 12.8 Å². The SMILES string of the molecule is O=CCCc1c(F)cc(O)c(Br)c1F. The van der Waals surface area contributed by atoms with E-state index in [1.54, 1.807) is 0 Å². The Labute approximate surface area is 87.7 Å². The van der Waals surface area contributed by atoms with E-state index in [1.165, 1.54) is 0 Å². The zero-order valence-electron chi connectivity index (χ0n) is 7.06. The van der Waals surface area contributed by atoms with Gasteiger partial charge in [0.2, 0.25) is 0 Å². The molecule has 5 heteroatoms. The maximum absolute atomic E-state index is 13.3. The Morgan fingerprint density at radius 1 is 1.50 bits per heavy atom. The molecular weight excluding hydrogens is 258 g/mol. The molecule has 14 heavy (non-hydrogen) atoms. The monoisotopic (exact) mass is 264 g/mol. The van der Waals surface area contributed by atoms with Gasteiger partial charge in [-0.05, 0) is 22.4 Å². The Kier molecular flexibility index (Phi) is 3.57. The first-order chi connectivity index (χ1) is 6.57. The Hall–Kier alpha value is -0.970. The molecule has 0 saturated carbocycles. The molecule has 1 rings (SSSR count). The quantitative estimate of drug-likeness (QED) is 0.673. The number of carbonyl (C=O) groups excluding carboxylic acids is 1. The lowest BCUT2D eigenvalue weighted by atomic mass is 10.1. The van der Waals surface area contributed by atoms with E-state index in [-0.39, 0.29) is 22.9 Å². The molecule has 0 spiro atoms. The maximum Gasteiger partial charge on any atom is 0.147 e. The molecule has 0 unspecified atom stereocenters. The van der Waals surface area contributed by atoms with Crippen LogP contribution in [0.5, 0.6) is 5.75 Å². The normalized spacial score (nSPS) is 10.2. The van der Waals surface area contributed by atoms with E-state index in [0.29, 0.717) is 6.29 Å². The predicted molar refractivity (Wildman–Crippen MR) is 50.1 cm³/mol. The maximum atomic E-state index is 13.3. The van der Waals surface area contributed by atoms with Crippen LogP contribution in [0.3, 0.4) is 0 Å². The molecule has 1 aromatic rings. The minimum atomic E-state index is -0.857. The lowest BCUT2D eigenvalue weighted by molar-refractivity contribution is -0.107. The minimum absolute atomic E-state index is 0.0138. The van der Waals surface area contributed by atoms with Gasteiger partial charge >= 0.3 is 0 Å². The van der Waals surface area contributed by atoms with Crippen molar-refractivity contribution in [2.24, 2.45) is 0 Å². The van der Waals surface area contributed by atoms with Gasteiger partial charge in [0.15, 0.2) is 0 Å². The van der Waals surface area contributed by atoms with Crippen LogP contribution in [0, 0.1) is 11.6 Å². The summed E-state index contributed by atoms with van der Waals surface area (Å²) in [6, 6.07) is 0.813. The van der Waals surface area contributed by atoms with E-state index in [4.69, 9.17) is 5.11 Å². The topological polar surface area (TPSA) is 37.3 Å². The number of carbonyl (C=O) groups is 1. The summed E-state index contributed by atoms with van der Waals surface area (Å²) in [4.78, 5) is 10.0. The fourth-order valence-corrected chi connectivity index (χ4v) is 1.41. The number of benzene rings is 1. The van der Waals surface area contributed by atoms with Crippen LogP contribution < -0.4 is 0 Å². The summed E-state index contributed by atoms with van der Waals surface area (Å²) < 4.78 is 26.2. The van der Waals surface area contributed by atoms with Crippen LogP contribution in [0.2, 0.25) is 0 Å². The van der Waals surface area contributed by atoms with Gasteiger partial charge in [-0.3, -0.25) is 0 Å². The molecule has 0 heterocycles. The third-order valence-corrected chi connectivity index (χ3v) is 2.50. The number of phenols is 1. The first kappa shape index (κ1) is 11.1. The van der Waals surface area contributed by atoms with E-state index in [0.717, 1.165) is 6.07 Å². The van der Waals surface area contributed by atoms with Gasteiger partial charge in [-0.1, -0.05) is 0 Å². The third-order valence-electron chi connectivity index (χ3n) is 1.75. The highest BCUT2D eigenvalue weighted by molar-refractivity contribution is 9.10. The largest absolute Gasteiger partial charge is 0.507 e. The molecule has 2 nitrogen and oxygen atoms in total. The number of aldehydes is 1. The van der Waals surface area contributed by atoms with Gasteiger partial charge in [-0.2, -0.15) is 0 Å². The second kappa shape index (κ2) is 4.50. The molecule has 0 atom stereocenters. The fourth-order valence-electron chi connectivity index (χ4n) is 1.05. The first-order valence-corrected chi connectivity index (χ1v) is 4.66. The zero-order chi connectivity index (χ0) is 10.7. The van der Waals surface area contributed by atoms with Gasteiger partial charge in [0, 0.05) is 18.1 Å². The van der Waals surface area contributed by atoms with Crippen LogP contribution in [0.25, 0.3) is 0 Å². The summed E-state index contributed by atoms with van der Waals surface area (Å²) >= 11 is 2.78. The van der Waals surface area contributed by atoms with E-state index in [9.17, 15) is 13.6 Å². The highest BCUT2D eigenvalue weighted by atomic mass is 79.9. The standard InChI is InChI=1S/C9H7BrF2O2/c10-8-7(14)4-6(11)5(9(8)12)2-1-3-13/h3-4,14H,1-2H2. The number of hydrogen-bond donors (Lipinski definition) is 1. The summed E-state index contributed by atoms with van der Waals surface area (Å²) in [5.41, 5.74) is -0.193. The summed E-state index contributed by atoms with van der Waals surface area (Å²) in [6.07, 6.45) is 0.616. The van der Waals surface area contributed by atoms with Crippen LogP contribution in [-0.2, 0) is 11.2 Å². The molecule has 0 radical (unpaired) electrons. The van der Waals surface area contributed by atoms with Crippen molar-refractivity contribution in [2.75, 3.05) is 0 Å². The summed E-state index contributed by atoms with van der Waals surface area (Å²) in [5.74, 6) is -2.19. The molecule has 1 aromatic carbocycles. The second-order valence-electron chi connectivity index (χ2n) is 2.69. The van der Waals surface area contributed by atoms with Crippen LogP contribution in [-0.4, -0.2) is 11.4 Å². The molecule has 0 saturated heterocycles. The average Bonchev–Trinajstić information content (AvgIpc) is 2.14. The molecule has 0 amide bonds. The van der Waals surface area contributed by atoms with E-state index in [2.05, 4.69) is 15.9 Å². The van der Waals surface area contributed by atoms with E-state index >= 15 is 0 Å². The summed E-state index contributed by atoms with van der Waals surface area (Å²) in [5, 5.41) is 9.03. The van der Waals surface area contributed by atoms with E-state index in [1.807, 2.05) is 0 Å². The Morgan fingerprint density at radius 3 is 2.71 bits per heavy atom. The zero-order valence-corrected chi connectivity index (χ0v) is 8.64. The van der Waals surface area contributed by atoms with Crippen molar-refractivity contribution < 1.29 is 18.7 Å². The smallest absolute Gasteiger partial charge is 0.147 e. The van der Waals surface area contributed by atoms with E-state index < -0.39 is 17.4 Å². The Balaban J connectivity index is 3.15. The van der Waals surface area contributed by atoms with Crippen molar-refractivity contribution in [3.05, 3.63) is 27.7 Å². The van der Waals surface area contributed by atoms with Crippen molar-refractivity contribution in [3.8, 4) is 5.75 Å². The summed E-state index contributed by atoms with van der Waals surface area (Å²) in [7, 11) is 0. The lowest BCUT2D eigenvalue weighted by Gasteiger charge is -2.06. The molecular formula is C9H7BrF2O2.